The molecule has 0 aliphatic rings. The number of carbonyl (C=O) groups is 2. The first-order valence-corrected chi connectivity index (χ1v) is 10.3. The lowest BCUT2D eigenvalue weighted by Crippen LogP contribution is -2.17. The molecular formula is C25H34N2O5. The van der Waals surface area contributed by atoms with Gasteiger partial charge in [-0.05, 0) is 65.8 Å². The monoisotopic (exact) mass is 442 g/mol. The number of ether oxygens (including phenoxy) is 3. The highest BCUT2D eigenvalue weighted by Gasteiger charge is 2.21. The Morgan fingerprint density at radius 3 is 2.22 bits per heavy atom. The molecule has 7 heteroatoms. The zero-order valence-electron chi connectivity index (χ0n) is 19.7. The van der Waals surface area contributed by atoms with Crippen LogP contribution in [0.15, 0.2) is 49.1 Å². The molecule has 7 nitrogen and oxygen atoms in total. The molecule has 2 rings (SSSR count). The molecule has 0 spiro atoms. The predicted octanol–water partition coefficient (Wildman–Crippen LogP) is 5.14. The van der Waals surface area contributed by atoms with E-state index in [1.54, 1.807) is 18.2 Å². The van der Waals surface area contributed by atoms with E-state index in [4.69, 9.17) is 15.2 Å². The van der Waals surface area contributed by atoms with E-state index in [9.17, 15) is 9.59 Å². The Morgan fingerprint density at radius 1 is 1.12 bits per heavy atom. The van der Waals surface area contributed by atoms with Crippen LogP contribution in [0.2, 0.25) is 0 Å². The molecule has 0 atom stereocenters. The Balaban J connectivity index is 0.000000633. The van der Waals surface area contributed by atoms with Crippen molar-refractivity contribution in [1.82, 2.24) is 0 Å². The van der Waals surface area contributed by atoms with Gasteiger partial charge in [-0.1, -0.05) is 30.4 Å². The van der Waals surface area contributed by atoms with Crippen LogP contribution < -0.4 is 20.5 Å². The first-order valence-electron chi connectivity index (χ1n) is 10.3. The Bertz CT molecular complexity index is 900. The lowest BCUT2D eigenvalue weighted by Gasteiger charge is -2.19. The molecule has 0 saturated carbocycles. The molecule has 3 N–H and O–H groups in total. The maximum atomic E-state index is 12.7. The average molecular weight is 443 g/mol. The highest BCUT2D eigenvalue weighted by Crippen LogP contribution is 2.38. The topological polar surface area (TPSA) is 99.9 Å². The van der Waals surface area contributed by atoms with Crippen LogP contribution >= 0.6 is 0 Å². The number of aryl methyl sites for hydroxylation is 1. The summed E-state index contributed by atoms with van der Waals surface area (Å²) in [6, 6.07) is 10.8. The second kappa shape index (κ2) is 12.4. The van der Waals surface area contributed by atoms with Crippen molar-refractivity contribution in [1.29, 1.82) is 0 Å². The van der Waals surface area contributed by atoms with E-state index < -0.39 is 0 Å². The van der Waals surface area contributed by atoms with Gasteiger partial charge in [0.2, 0.25) is 0 Å². The number of anilines is 2. The molecule has 174 valence electrons. The van der Waals surface area contributed by atoms with Gasteiger partial charge in [-0.3, -0.25) is 9.59 Å². The molecule has 0 aliphatic heterocycles. The molecule has 0 fully saturated rings. The lowest BCUT2D eigenvalue weighted by molar-refractivity contribution is -0.138. The Labute approximate surface area is 190 Å². The molecule has 0 bridgehead atoms. The minimum atomic E-state index is -0.318. The zero-order valence-corrected chi connectivity index (χ0v) is 19.7. The number of amides is 1. The second-order valence-electron chi connectivity index (χ2n) is 8.27. The van der Waals surface area contributed by atoms with Gasteiger partial charge in [0.25, 0.3) is 12.4 Å². The molecule has 0 aliphatic carbocycles. The summed E-state index contributed by atoms with van der Waals surface area (Å²) in [4.78, 5) is 22.3. The Morgan fingerprint density at radius 2 is 1.75 bits per heavy atom. The minimum absolute atomic E-state index is 0.108. The number of nitrogens with two attached hydrogens (primary N) is 1. The van der Waals surface area contributed by atoms with Crippen LogP contribution in [0.1, 0.15) is 50.5 Å². The highest BCUT2D eigenvalue weighted by molar-refractivity contribution is 6.07. The van der Waals surface area contributed by atoms with Gasteiger partial charge in [-0.25, -0.2) is 0 Å². The fourth-order valence-electron chi connectivity index (χ4n) is 2.38. The third-order valence-corrected chi connectivity index (χ3v) is 3.80. The molecule has 0 radical (unpaired) electrons. The maximum absolute atomic E-state index is 12.7. The van der Waals surface area contributed by atoms with Gasteiger partial charge in [-0.15, -0.1) is 0 Å². The van der Waals surface area contributed by atoms with Crippen molar-refractivity contribution in [3.8, 4) is 11.5 Å². The molecule has 0 unspecified atom stereocenters. The van der Waals surface area contributed by atoms with E-state index in [-0.39, 0.29) is 24.2 Å². The summed E-state index contributed by atoms with van der Waals surface area (Å²) in [6.45, 7) is 15.6. The van der Waals surface area contributed by atoms with Crippen molar-refractivity contribution in [3.63, 3.8) is 0 Å². The Hall–Kier alpha value is -3.48. The summed E-state index contributed by atoms with van der Waals surface area (Å²) < 4.78 is 16.0. The minimum Gasteiger partial charge on any atom is -0.485 e. The highest BCUT2D eigenvalue weighted by atomic mass is 16.5. The molecule has 1 amide bonds. The van der Waals surface area contributed by atoms with E-state index in [0.29, 0.717) is 34.9 Å². The lowest BCUT2D eigenvalue weighted by atomic mass is 10.1. The van der Waals surface area contributed by atoms with Crippen LogP contribution in [-0.4, -0.2) is 30.7 Å². The molecule has 2 aromatic carbocycles. The zero-order chi connectivity index (χ0) is 24.3. The van der Waals surface area contributed by atoms with Crippen LogP contribution in [0.5, 0.6) is 11.5 Å². The predicted molar refractivity (Wildman–Crippen MR) is 128 cm³/mol. The first kappa shape index (κ1) is 26.6. The molecule has 0 aromatic heterocycles. The number of rotatable bonds is 8. The summed E-state index contributed by atoms with van der Waals surface area (Å²) in [6.07, 6.45) is 1.49. The third kappa shape index (κ3) is 9.12. The summed E-state index contributed by atoms with van der Waals surface area (Å²) in [5.41, 5.74) is 8.29. The summed E-state index contributed by atoms with van der Waals surface area (Å²) >= 11 is 0. The van der Waals surface area contributed by atoms with Crippen LogP contribution in [0.25, 0.3) is 0 Å². The van der Waals surface area contributed by atoms with Crippen molar-refractivity contribution in [2.45, 2.75) is 53.2 Å². The van der Waals surface area contributed by atoms with Crippen LogP contribution in [0.3, 0.4) is 0 Å². The first-order chi connectivity index (χ1) is 15.0. The molecule has 2 aromatic rings. The number of benzene rings is 2. The number of nitrogen functional groups attached to an aromatic ring is 1. The standard InChI is InChI=1S/C20H24N2O3.C5H10O2/c1-5-12-24-18-16(10-11-17(21)19(18)25-13(2)3)20(23)22-15-8-6-14(4)7-9-15;1-5(2,3)7-4-6/h5-11,13H,1,12,21H2,2-4H3,(H,22,23);4H,1-3H3. The summed E-state index contributed by atoms with van der Waals surface area (Å²) in [7, 11) is 0. The number of nitrogens with one attached hydrogen (secondary N) is 1. The van der Waals surface area contributed by atoms with Crippen molar-refractivity contribution in [2.75, 3.05) is 17.7 Å². The molecule has 32 heavy (non-hydrogen) atoms. The van der Waals surface area contributed by atoms with Gasteiger partial charge < -0.3 is 25.3 Å². The van der Waals surface area contributed by atoms with Crippen LogP contribution in [0.4, 0.5) is 11.4 Å². The fourth-order valence-corrected chi connectivity index (χ4v) is 2.38. The van der Waals surface area contributed by atoms with Crippen LogP contribution in [-0.2, 0) is 9.53 Å². The van der Waals surface area contributed by atoms with Crippen molar-refractivity contribution < 1.29 is 23.8 Å². The normalized spacial score (nSPS) is 10.5. The number of hydrogen-bond acceptors (Lipinski definition) is 6. The SMILES string of the molecule is C=CCOc1c(C(=O)Nc2ccc(C)cc2)ccc(N)c1OC(C)C.CC(C)(C)OC=O. The van der Waals surface area contributed by atoms with Crippen molar-refractivity contribution in [2.24, 2.45) is 0 Å². The average Bonchev–Trinajstić information content (AvgIpc) is 2.69. The smallest absolute Gasteiger partial charge is 0.293 e. The summed E-state index contributed by atoms with van der Waals surface area (Å²) in [5, 5.41) is 2.86. The quantitative estimate of drug-likeness (QED) is 0.334. The largest absolute Gasteiger partial charge is 0.485 e. The van der Waals surface area contributed by atoms with Crippen molar-refractivity contribution in [3.05, 3.63) is 60.2 Å². The fraction of sp³-hybridized carbons (Fsp3) is 0.360. The van der Waals surface area contributed by atoms with Gasteiger partial charge in [0.15, 0.2) is 11.5 Å². The molecule has 0 saturated heterocycles. The maximum Gasteiger partial charge on any atom is 0.293 e. The molecular weight excluding hydrogens is 408 g/mol. The number of carbonyl (C=O) groups excluding carboxylic acids is 2. The van der Waals surface area contributed by atoms with Gasteiger partial charge in [0.05, 0.1) is 17.4 Å². The summed E-state index contributed by atoms with van der Waals surface area (Å²) in [5.74, 6) is 0.392. The van der Waals surface area contributed by atoms with E-state index in [1.807, 2.05) is 65.8 Å². The van der Waals surface area contributed by atoms with E-state index in [0.717, 1.165) is 5.56 Å². The van der Waals surface area contributed by atoms with Gasteiger partial charge in [-0.2, -0.15) is 0 Å². The van der Waals surface area contributed by atoms with Gasteiger partial charge in [0, 0.05) is 5.69 Å². The van der Waals surface area contributed by atoms with Gasteiger partial charge in [0.1, 0.15) is 12.2 Å². The second-order valence-corrected chi connectivity index (χ2v) is 8.27. The van der Waals surface area contributed by atoms with Crippen LogP contribution in [0, 0.1) is 6.92 Å². The third-order valence-electron chi connectivity index (χ3n) is 3.80. The van der Waals surface area contributed by atoms with E-state index in [1.165, 1.54) is 0 Å². The number of hydrogen-bond donors (Lipinski definition) is 2. The van der Waals surface area contributed by atoms with E-state index in [2.05, 4.69) is 16.6 Å². The van der Waals surface area contributed by atoms with Gasteiger partial charge >= 0.3 is 0 Å². The Kier molecular flexibility index (Phi) is 10.3. The van der Waals surface area contributed by atoms with Crippen molar-refractivity contribution >= 4 is 23.8 Å². The molecule has 0 heterocycles. The van der Waals surface area contributed by atoms with E-state index >= 15 is 0 Å².